The van der Waals surface area contributed by atoms with Crippen molar-refractivity contribution in [1.29, 1.82) is 0 Å². The van der Waals surface area contributed by atoms with Crippen molar-refractivity contribution in [2.75, 3.05) is 5.32 Å². The van der Waals surface area contributed by atoms with Crippen LogP contribution in [0.5, 0.6) is 0 Å². The van der Waals surface area contributed by atoms with Crippen LogP contribution in [0.3, 0.4) is 0 Å². The van der Waals surface area contributed by atoms with Crippen LogP contribution in [0.25, 0.3) is 4.96 Å². The van der Waals surface area contributed by atoms with Crippen molar-refractivity contribution in [3.05, 3.63) is 32.7 Å². The first-order valence-corrected chi connectivity index (χ1v) is 11.1. The molecule has 0 unspecified atom stereocenters. The van der Waals surface area contributed by atoms with Gasteiger partial charge < -0.3 is 5.32 Å². The second kappa shape index (κ2) is 7.45. The van der Waals surface area contributed by atoms with Crippen LogP contribution >= 0.6 is 34.4 Å². The Morgan fingerprint density at radius 3 is 3.00 bits per heavy atom. The molecule has 0 spiro atoms. The summed E-state index contributed by atoms with van der Waals surface area (Å²) in [6.07, 6.45) is 4.73. The van der Waals surface area contributed by atoms with Crippen LogP contribution < -0.4 is 10.9 Å². The predicted molar refractivity (Wildman–Crippen MR) is 104 cm³/mol. The molecule has 0 fully saturated rings. The average Bonchev–Trinajstić information content (AvgIpc) is 3.23. The van der Waals surface area contributed by atoms with E-state index in [9.17, 15) is 9.59 Å². The molecular weight excluding hydrogens is 390 g/mol. The molecule has 4 rings (SSSR count). The molecule has 3 heterocycles. The minimum Gasteiger partial charge on any atom is -0.301 e. The average molecular weight is 408 g/mol. The number of hydrogen-bond donors (Lipinski definition) is 1. The van der Waals surface area contributed by atoms with E-state index < -0.39 is 0 Å². The Hall–Kier alpha value is -1.78. The van der Waals surface area contributed by atoms with Crippen LogP contribution in [-0.4, -0.2) is 25.5 Å². The lowest BCUT2D eigenvalue weighted by atomic mass is 10.0. The number of thioether (sulfide) groups is 1. The van der Waals surface area contributed by atoms with Gasteiger partial charge in [-0.15, -0.1) is 21.5 Å². The summed E-state index contributed by atoms with van der Waals surface area (Å²) in [5.41, 5.74) is 1.89. The molecular formula is C16H17N5O2S3. The number of hydrogen-bond acceptors (Lipinski definition) is 8. The fourth-order valence-electron chi connectivity index (χ4n) is 2.88. The van der Waals surface area contributed by atoms with Gasteiger partial charge >= 0.3 is 0 Å². The third kappa shape index (κ3) is 3.53. The smallest absolute Gasteiger partial charge is 0.259 e. The zero-order chi connectivity index (χ0) is 18.1. The summed E-state index contributed by atoms with van der Waals surface area (Å²) in [6.45, 7) is 1.79. The summed E-state index contributed by atoms with van der Waals surface area (Å²) in [7, 11) is 0. The van der Waals surface area contributed by atoms with Gasteiger partial charge in [-0.1, -0.05) is 30.0 Å². The molecule has 0 saturated carbocycles. The van der Waals surface area contributed by atoms with Crippen molar-refractivity contribution in [3.8, 4) is 0 Å². The van der Waals surface area contributed by atoms with Gasteiger partial charge in [0.1, 0.15) is 0 Å². The minimum atomic E-state index is -0.0838. The van der Waals surface area contributed by atoms with Crippen molar-refractivity contribution in [1.82, 2.24) is 19.6 Å². The zero-order valence-corrected chi connectivity index (χ0v) is 16.6. The van der Waals surface area contributed by atoms with Gasteiger partial charge in [-0.25, -0.2) is 4.98 Å². The van der Waals surface area contributed by atoms with Gasteiger partial charge in [-0.3, -0.25) is 14.0 Å². The Bertz CT molecular complexity index is 1020. The Morgan fingerprint density at radius 1 is 1.31 bits per heavy atom. The minimum absolute atomic E-state index is 0.00170. The number of anilines is 1. The molecule has 3 aromatic rings. The summed E-state index contributed by atoms with van der Waals surface area (Å²) < 4.78 is 2.51. The van der Waals surface area contributed by atoms with E-state index in [0.717, 1.165) is 40.0 Å². The Kier molecular flexibility index (Phi) is 5.05. The topological polar surface area (TPSA) is 89.2 Å². The SMILES string of the molecule is CCC(=O)Nc1nnc(SCc2cc(=O)n3c4c(sc3n2)CCCC4)s1. The third-order valence-electron chi connectivity index (χ3n) is 4.13. The van der Waals surface area contributed by atoms with Gasteiger partial charge in [0.2, 0.25) is 11.0 Å². The number of aryl methyl sites for hydroxylation is 2. The zero-order valence-electron chi connectivity index (χ0n) is 14.2. The van der Waals surface area contributed by atoms with Crippen LogP contribution in [0, 0.1) is 0 Å². The molecule has 1 amide bonds. The first-order chi connectivity index (χ1) is 12.6. The summed E-state index contributed by atoms with van der Waals surface area (Å²) >= 11 is 4.43. The number of nitrogens with one attached hydrogen (secondary N) is 1. The molecule has 0 aromatic carbocycles. The summed E-state index contributed by atoms with van der Waals surface area (Å²) in [5, 5.41) is 11.2. The number of amides is 1. The number of nitrogens with zero attached hydrogens (tertiary/aromatic N) is 4. The fourth-order valence-corrected chi connectivity index (χ4v) is 5.77. The normalized spacial score (nSPS) is 13.7. The van der Waals surface area contributed by atoms with Crippen molar-refractivity contribution >= 4 is 50.4 Å². The predicted octanol–water partition coefficient (Wildman–Crippen LogP) is 3.13. The van der Waals surface area contributed by atoms with E-state index in [1.165, 1.54) is 34.4 Å². The van der Waals surface area contributed by atoms with E-state index >= 15 is 0 Å². The van der Waals surface area contributed by atoms with E-state index in [2.05, 4.69) is 20.5 Å². The molecule has 3 aromatic heterocycles. The number of rotatable bonds is 5. The monoisotopic (exact) mass is 407 g/mol. The highest BCUT2D eigenvalue weighted by molar-refractivity contribution is 8.00. The largest absolute Gasteiger partial charge is 0.301 e. The maximum Gasteiger partial charge on any atom is 0.259 e. The molecule has 136 valence electrons. The molecule has 0 aliphatic heterocycles. The Balaban J connectivity index is 1.51. The number of fused-ring (bicyclic) bond motifs is 3. The fraction of sp³-hybridized carbons (Fsp3) is 0.438. The van der Waals surface area contributed by atoms with E-state index in [4.69, 9.17) is 0 Å². The number of aromatic nitrogens is 4. The van der Waals surface area contributed by atoms with Crippen molar-refractivity contribution in [2.45, 2.75) is 49.1 Å². The number of thiazole rings is 1. The van der Waals surface area contributed by atoms with Gasteiger partial charge in [0.25, 0.3) is 5.56 Å². The Labute approximate surface area is 161 Å². The lowest BCUT2D eigenvalue weighted by Crippen LogP contribution is -2.17. The molecule has 0 bridgehead atoms. The van der Waals surface area contributed by atoms with Crippen molar-refractivity contribution < 1.29 is 4.79 Å². The van der Waals surface area contributed by atoms with Gasteiger partial charge in [0.15, 0.2) is 9.30 Å². The molecule has 0 atom stereocenters. The van der Waals surface area contributed by atoms with E-state index in [1.54, 1.807) is 28.7 Å². The van der Waals surface area contributed by atoms with Gasteiger partial charge in [-0.05, 0) is 25.7 Å². The number of carbonyl (C=O) groups excluding carboxylic acids is 1. The van der Waals surface area contributed by atoms with Crippen LogP contribution in [-0.2, 0) is 23.4 Å². The van der Waals surface area contributed by atoms with Crippen LogP contribution in [0.4, 0.5) is 5.13 Å². The van der Waals surface area contributed by atoms with Gasteiger partial charge in [0.05, 0.1) is 5.69 Å². The molecule has 7 nitrogen and oxygen atoms in total. The molecule has 0 saturated heterocycles. The van der Waals surface area contributed by atoms with Gasteiger partial charge in [-0.2, -0.15) is 0 Å². The first-order valence-electron chi connectivity index (χ1n) is 8.43. The second-order valence-corrected chi connectivity index (χ2v) is 9.21. The first kappa shape index (κ1) is 17.6. The molecule has 1 aliphatic carbocycles. The maximum absolute atomic E-state index is 12.5. The lowest BCUT2D eigenvalue weighted by molar-refractivity contribution is -0.115. The van der Waals surface area contributed by atoms with Crippen molar-refractivity contribution in [3.63, 3.8) is 0 Å². The third-order valence-corrected chi connectivity index (χ3v) is 7.28. The number of carbonyl (C=O) groups is 1. The Morgan fingerprint density at radius 2 is 2.15 bits per heavy atom. The molecule has 1 aliphatic rings. The second-order valence-electron chi connectivity index (χ2n) is 5.95. The van der Waals surface area contributed by atoms with E-state index in [-0.39, 0.29) is 11.5 Å². The summed E-state index contributed by atoms with van der Waals surface area (Å²) in [5.74, 6) is 0.462. The summed E-state index contributed by atoms with van der Waals surface area (Å²) in [6, 6.07) is 1.61. The molecule has 1 N–H and O–H groups in total. The van der Waals surface area contributed by atoms with Gasteiger partial charge in [0, 0.05) is 28.8 Å². The lowest BCUT2D eigenvalue weighted by Gasteiger charge is -2.09. The van der Waals surface area contributed by atoms with E-state index in [0.29, 0.717) is 17.3 Å². The standard InChI is InChI=1S/C16H17N5O2S3/c1-2-12(22)18-14-19-20-16(26-14)24-8-9-7-13(23)21-10-5-3-4-6-11(10)25-15(21)17-9/h7H,2-6,8H2,1H3,(H,18,19,22). The maximum atomic E-state index is 12.5. The molecule has 26 heavy (non-hydrogen) atoms. The highest BCUT2D eigenvalue weighted by Crippen LogP contribution is 2.30. The van der Waals surface area contributed by atoms with Crippen LogP contribution in [0.1, 0.15) is 42.5 Å². The van der Waals surface area contributed by atoms with E-state index in [1.807, 2.05) is 0 Å². The molecule has 0 radical (unpaired) electrons. The quantitative estimate of drug-likeness (QED) is 0.516. The van der Waals surface area contributed by atoms with Crippen molar-refractivity contribution in [2.24, 2.45) is 0 Å². The summed E-state index contributed by atoms with van der Waals surface area (Å²) in [4.78, 5) is 30.7. The highest BCUT2D eigenvalue weighted by Gasteiger charge is 2.18. The molecule has 10 heteroatoms. The van der Waals surface area contributed by atoms with Crippen LogP contribution in [0.2, 0.25) is 0 Å². The van der Waals surface area contributed by atoms with Crippen LogP contribution in [0.15, 0.2) is 15.2 Å². The highest BCUT2D eigenvalue weighted by atomic mass is 32.2.